The minimum Gasteiger partial charge on any atom is -0.0872 e. The lowest BCUT2D eigenvalue weighted by Gasteiger charge is -2.08. The van der Waals surface area contributed by atoms with Crippen molar-refractivity contribution in [3.05, 3.63) is 29.8 Å². The third-order valence-electron chi connectivity index (χ3n) is 2.78. The minimum atomic E-state index is 1.00. The van der Waals surface area contributed by atoms with E-state index in [-0.39, 0.29) is 0 Å². The maximum absolute atomic E-state index is 2.30. The van der Waals surface area contributed by atoms with Gasteiger partial charge in [0.15, 0.2) is 0 Å². The van der Waals surface area contributed by atoms with Gasteiger partial charge in [-0.15, -0.1) is 0 Å². The van der Waals surface area contributed by atoms with Crippen molar-refractivity contribution in [2.45, 2.75) is 38.3 Å². The van der Waals surface area contributed by atoms with Gasteiger partial charge in [-0.2, -0.15) is 0 Å². The Labute approximate surface area is 82.5 Å². The molecule has 0 aromatic heterocycles. The molecule has 0 aliphatic heterocycles. The van der Waals surface area contributed by atoms with E-state index in [4.69, 9.17) is 0 Å². The van der Waals surface area contributed by atoms with Crippen molar-refractivity contribution in [2.24, 2.45) is 0 Å². The average molecular weight is 192 g/mol. The summed E-state index contributed by atoms with van der Waals surface area (Å²) in [6, 6.07) is 9.06. The van der Waals surface area contributed by atoms with Crippen LogP contribution in [0.1, 0.15) is 31.2 Å². The van der Waals surface area contributed by atoms with Gasteiger partial charge in [-0.25, -0.2) is 0 Å². The second-order valence-corrected chi connectivity index (χ2v) is 5.67. The van der Waals surface area contributed by atoms with Crippen LogP contribution in [0.4, 0.5) is 0 Å². The lowest BCUT2D eigenvalue weighted by molar-refractivity contribution is 0.886. The maximum atomic E-state index is 2.30. The number of benzene rings is 1. The molecule has 1 aliphatic rings. The van der Waals surface area contributed by atoms with Crippen LogP contribution >= 0.6 is 8.58 Å². The lowest BCUT2D eigenvalue weighted by Crippen LogP contribution is -2.01. The highest BCUT2D eigenvalue weighted by Gasteiger charge is 2.14. The van der Waals surface area contributed by atoms with E-state index in [1.165, 1.54) is 31.2 Å². The summed E-state index contributed by atoms with van der Waals surface area (Å²) in [6.45, 7) is 2.16. The van der Waals surface area contributed by atoms with Gasteiger partial charge in [-0.1, -0.05) is 51.3 Å². The van der Waals surface area contributed by atoms with Gasteiger partial charge in [0.25, 0.3) is 0 Å². The predicted octanol–water partition coefficient (Wildman–Crippen LogP) is 3.24. The zero-order chi connectivity index (χ0) is 9.10. The van der Waals surface area contributed by atoms with Crippen LogP contribution in [0.2, 0.25) is 0 Å². The van der Waals surface area contributed by atoms with Crippen molar-refractivity contribution < 1.29 is 0 Å². The number of aryl methyl sites for hydroxylation is 1. The third kappa shape index (κ3) is 2.54. The standard InChI is InChI=1S/C12H17P/c1-10-6-8-12(9-7-10)13-11-4-2-3-5-11/h6-9,11,13H,2-5H2,1H3. The quantitative estimate of drug-likeness (QED) is 0.631. The number of hydrogen-bond acceptors (Lipinski definition) is 0. The highest BCUT2D eigenvalue weighted by Crippen LogP contribution is 2.33. The molecule has 0 radical (unpaired) electrons. The summed E-state index contributed by atoms with van der Waals surface area (Å²) in [5.41, 5.74) is 2.38. The van der Waals surface area contributed by atoms with Gasteiger partial charge in [0, 0.05) is 0 Å². The first-order valence-corrected chi connectivity index (χ1v) is 6.25. The molecule has 0 heterocycles. The minimum absolute atomic E-state index is 1.00. The average Bonchev–Trinajstić information content (AvgIpc) is 2.62. The molecule has 0 spiro atoms. The van der Waals surface area contributed by atoms with Crippen LogP contribution in [0.25, 0.3) is 0 Å². The topological polar surface area (TPSA) is 0 Å². The largest absolute Gasteiger partial charge is 0.0872 e. The van der Waals surface area contributed by atoms with Crippen molar-refractivity contribution in [3.63, 3.8) is 0 Å². The van der Waals surface area contributed by atoms with E-state index in [2.05, 4.69) is 31.2 Å². The molecule has 0 saturated heterocycles. The summed E-state index contributed by atoms with van der Waals surface area (Å²) in [5.74, 6) is 0. The summed E-state index contributed by atoms with van der Waals surface area (Å²) in [5, 5.41) is 1.55. The van der Waals surface area contributed by atoms with E-state index in [1.807, 2.05) is 0 Å². The zero-order valence-corrected chi connectivity index (χ0v) is 9.22. The Morgan fingerprint density at radius 1 is 1.08 bits per heavy atom. The number of hydrogen-bond donors (Lipinski definition) is 0. The predicted molar refractivity (Wildman–Crippen MR) is 61.4 cm³/mol. The third-order valence-corrected chi connectivity index (χ3v) is 4.43. The molecule has 0 bridgehead atoms. The summed E-state index contributed by atoms with van der Waals surface area (Å²) in [6.07, 6.45) is 5.85. The van der Waals surface area contributed by atoms with Crippen LogP contribution in [-0.2, 0) is 0 Å². The van der Waals surface area contributed by atoms with Crippen LogP contribution in [0.3, 0.4) is 0 Å². The highest BCUT2D eigenvalue weighted by molar-refractivity contribution is 7.48. The van der Waals surface area contributed by atoms with Gasteiger partial charge in [0.2, 0.25) is 0 Å². The summed E-state index contributed by atoms with van der Waals surface area (Å²) >= 11 is 0. The molecule has 1 aromatic carbocycles. The van der Waals surface area contributed by atoms with Crippen molar-refractivity contribution in [1.29, 1.82) is 0 Å². The van der Waals surface area contributed by atoms with Gasteiger partial charge in [0.1, 0.15) is 0 Å². The fraction of sp³-hybridized carbons (Fsp3) is 0.500. The van der Waals surface area contributed by atoms with Gasteiger partial charge < -0.3 is 0 Å². The van der Waals surface area contributed by atoms with Crippen molar-refractivity contribution in [1.82, 2.24) is 0 Å². The fourth-order valence-corrected chi connectivity index (χ4v) is 3.48. The Balaban J connectivity index is 1.97. The molecule has 1 heteroatoms. The Bertz CT molecular complexity index is 257. The molecule has 1 fully saturated rings. The smallest absolute Gasteiger partial charge is 0.0196 e. The van der Waals surface area contributed by atoms with E-state index in [1.54, 1.807) is 5.30 Å². The molecule has 1 unspecified atom stereocenters. The van der Waals surface area contributed by atoms with Gasteiger partial charge >= 0.3 is 0 Å². The van der Waals surface area contributed by atoms with E-state index >= 15 is 0 Å². The Kier molecular flexibility index (Phi) is 3.01. The number of rotatable bonds is 2. The molecule has 1 saturated carbocycles. The van der Waals surface area contributed by atoms with Crippen molar-refractivity contribution in [3.8, 4) is 0 Å². The lowest BCUT2D eigenvalue weighted by atomic mass is 10.2. The molecule has 1 atom stereocenters. The van der Waals surface area contributed by atoms with Crippen LogP contribution in [0, 0.1) is 6.92 Å². The molecule has 1 aromatic rings. The van der Waals surface area contributed by atoms with Gasteiger partial charge in [-0.3, -0.25) is 0 Å². The monoisotopic (exact) mass is 192 g/mol. The summed E-state index contributed by atoms with van der Waals surface area (Å²) in [4.78, 5) is 0. The SMILES string of the molecule is Cc1ccc(PC2CCCC2)cc1. The molecule has 2 rings (SSSR count). The molecule has 70 valence electrons. The van der Waals surface area contributed by atoms with E-state index in [0.717, 1.165) is 14.2 Å². The second-order valence-electron chi connectivity index (χ2n) is 3.99. The maximum Gasteiger partial charge on any atom is -0.0196 e. The first-order chi connectivity index (χ1) is 6.34. The van der Waals surface area contributed by atoms with Crippen LogP contribution in [0.5, 0.6) is 0 Å². The van der Waals surface area contributed by atoms with E-state index in [0.29, 0.717) is 0 Å². The Morgan fingerprint density at radius 2 is 1.69 bits per heavy atom. The first kappa shape index (κ1) is 9.21. The molecule has 0 amide bonds. The van der Waals surface area contributed by atoms with E-state index in [9.17, 15) is 0 Å². The molecule has 0 nitrogen and oxygen atoms in total. The Morgan fingerprint density at radius 3 is 2.31 bits per heavy atom. The molecule has 0 N–H and O–H groups in total. The second kappa shape index (κ2) is 4.24. The van der Waals surface area contributed by atoms with Gasteiger partial charge in [0.05, 0.1) is 0 Å². The fourth-order valence-electron chi connectivity index (χ4n) is 1.96. The van der Waals surface area contributed by atoms with Gasteiger partial charge in [-0.05, 0) is 30.7 Å². The zero-order valence-electron chi connectivity index (χ0n) is 8.22. The molecule has 1 aliphatic carbocycles. The molecular weight excluding hydrogens is 175 g/mol. The van der Waals surface area contributed by atoms with Crippen molar-refractivity contribution >= 4 is 13.9 Å². The normalized spacial score (nSPS) is 18.8. The highest BCUT2D eigenvalue weighted by atomic mass is 31.1. The van der Waals surface area contributed by atoms with Crippen LogP contribution in [-0.4, -0.2) is 5.66 Å². The van der Waals surface area contributed by atoms with E-state index < -0.39 is 0 Å². The summed E-state index contributed by atoms with van der Waals surface area (Å²) < 4.78 is 0. The van der Waals surface area contributed by atoms with Crippen LogP contribution < -0.4 is 5.30 Å². The first-order valence-electron chi connectivity index (χ1n) is 5.18. The Hall–Kier alpha value is -0.350. The van der Waals surface area contributed by atoms with Crippen LogP contribution in [0.15, 0.2) is 24.3 Å². The summed E-state index contributed by atoms with van der Waals surface area (Å²) in [7, 11) is 1.05. The molecule has 13 heavy (non-hydrogen) atoms. The van der Waals surface area contributed by atoms with Crippen molar-refractivity contribution in [2.75, 3.05) is 0 Å². The molecular formula is C12H17P.